The highest BCUT2D eigenvalue weighted by Crippen LogP contribution is 2.21. The normalized spacial score (nSPS) is 11.5. The number of terminal acetylenes is 1. The van der Waals surface area contributed by atoms with Gasteiger partial charge in [0.2, 0.25) is 5.91 Å². The van der Waals surface area contributed by atoms with Crippen molar-refractivity contribution in [3.63, 3.8) is 0 Å². The van der Waals surface area contributed by atoms with Crippen LogP contribution in [0.2, 0.25) is 0 Å². The van der Waals surface area contributed by atoms with Crippen molar-refractivity contribution in [3.05, 3.63) is 29.3 Å². The third-order valence-corrected chi connectivity index (χ3v) is 4.03. The minimum atomic E-state index is -1.11. The van der Waals surface area contributed by atoms with Gasteiger partial charge in [-0.1, -0.05) is 6.07 Å². The lowest BCUT2D eigenvalue weighted by Gasteiger charge is -2.11. The van der Waals surface area contributed by atoms with E-state index in [0.717, 1.165) is 4.90 Å². The van der Waals surface area contributed by atoms with Gasteiger partial charge in [0, 0.05) is 23.5 Å². The van der Waals surface area contributed by atoms with Crippen molar-refractivity contribution in [2.45, 2.75) is 37.6 Å². The molecule has 2 N–H and O–H groups in total. The number of rotatable bonds is 7. The van der Waals surface area contributed by atoms with Crippen molar-refractivity contribution in [1.82, 2.24) is 5.32 Å². The van der Waals surface area contributed by atoms with Crippen molar-refractivity contribution in [1.29, 1.82) is 0 Å². The summed E-state index contributed by atoms with van der Waals surface area (Å²) in [6, 6.07) is 5.14. The highest BCUT2D eigenvalue weighted by Gasteiger charge is 2.18. The average Bonchev–Trinajstić information content (AvgIpc) is 2.42. The fourth-order valence-corrected chi connectivity index (χ4v) is 2.60. The van der Waals surface area contributed by atoms with Crippen LogP contribution in [0.3, 0.4) is 0 Å². The second-order valence-corrected chi connectivity index (χ2v) is 5.88. The van der Waals surface area contributed by atoms with Crippen LogP contribution in [0, 0.1) is 26.2 Å². The second-order valence-electron chi connectivity index (χ2n) is 4.71. The van der Waals surface area contributed by atoms with Gasteiger partial charge in [0.05, 0.1) is 0 Å². The Hall–Kier alpha value is -1.93. The molecular formula is C16H19NO3S. The topological polar surface area (TPSA) is 66.4 Å². The molecule has 1 rings (SSSR count). The highest BCUT2D eigenvalue weighted by atomic mass is 32.2. The van der Waals surface area contributed by atoms with Crippen LogP contribution in [-0.4, -0.2) is 28.8 Å². The molecule has 1 atom stereocenters. The number of carboxylic acid groups (broad SMARTS) is 1. The van der Waals surface area contributed by atoms with Gasteiger partial charge < -0.3 is 10.4 Å². The van der Waals surface area contributed by atoms with Gasteiger partial charge in [0.25, 0.3) is 0 Å². The molecule has 0 saturated carbocycles. The molecule has 112 valence electrons. The number of carbonyl (C=O) groups is 2. The number of thioether (sulfide) groups is 1. The maximum absolute atomic E-state index is 11.7. The Balaban J connectivity index is 2.41. The zero-order chi connectivity index (χ0) is 15.8. The molecule has 0 radical (unpaired) electrons. The monoisotopic (exact) mass is 305 g/mol. The van der Waals surface area contributed by atoms with Gasteiger partial charge >= 0.3 is 5.97 Å². The first-order valence-electron chi connectivity index (χ1n) is 6.59. The number of carboxylic acids is 1. The van der Waals surface area contributed by atoms with E-state index in [1.54, 1.807) is 11.8 Å². The molecule has 5 heteroatoms. The molecule has 0 fully saturated rings. The van der Waals surface area contributed by atoms with Gasteiger partial charge in [-0.2, -0.15) is 0 Å². The smallest absolute Gasteiger partial charge is 0.327 e. The molecule has 0 aromatic heterocycles. The molecule has 21 heavy (non-hydrogen) atoms. The fourth-order valence-electron chi connectivity index (χ4n) is 1.65. The lowest BCUT2D eigenvalue weighted by atomic mass is 10.1. The first-order valence-corrected chi connectivity index (χ1v) is 7.58. The van der Waals surface area contributed by atoms with Crippen molar-refractivity contribution < 1.29 is 14.7 Å². The minimum Gasteiger partial charge on any atom is -0.480 e. The zero-order valence-electron chi connectivity index (χ0n) is 12.2. The van der Waals surface area contributed by atoms with E-state index in [2.05, 4.69) is 24.2 Å². The Morgan fingerprint density at radius 1 is 1.38 bits per heavy atom. The van der Waals surface area contributed by atoms with Gasteiger partial charge in [0.15, 0.2) is 0 Å². The molecule has 1 unspecified atom stereocenters. The number of hydrogen-bond donors (Lipinski definition) is 2. The predicted molar refractivity (Wildman–Crippen MR) is 84.3 cm³/mol. The van der Waals surface area contributed by atoms with Crippen LogP contribution in [0.25, 0.3) is 0 Å². The number of aryl methyl sites for hydroxylation is 2. The Bertz CT molecular complexity index is 563. The van der Waals surface area contributed by atoms with E-state index in [9.17, 15) is 9.59 Å². The summed E-state index contributed by atoms with van der Waals surface area (Å²) in [6.07, 6.45) is 5.32. The third kappa shape index (κ3) is 5.92. The number of benzene rings is 1. The van der Waals surface area contributed by atoms with Gasteiger partial charge in [-0.3, -0.25) is 4.79 Å². The molecule has 1 aromatic carbocycles. The Morgan fingerprint density at radius 3 is 2.67 bits per heavy atom. The van der Waals surface area contributed by atoms with Gasteiger partial charge in [-0.15, -0.1) is 24.1 Å². The second kappa shape index (κ2) is 8.38. The van der Waals surface area contributed by atoms with Gasteiger partial charge in [-0.25, -0.2) is 4.79 Å². The van der Waals surface area contributed by atoms with E-state index >= 15 is 0 Å². The van der Waals surface area contributed by atoms with Crippen molar-refractivity contribution in [2.24, 2.45) is 0 Å². The first kappa shape index (κ1) is 17.1. The predicted octanol–water partition coefficient (Wildman–Crippen LogP) is 2.38. The van der Waals surface area contributed by atoms with Crippen molar-refractivity contribution >= 4 is 23.6 Å². The van der Waals surface area contributed by atoms with Crippen LogP contribution < -0.4 is 5.32 Å². The molecule has 0 aliphatic heterocycles. The summed E-state index contributed by atoms with van der Waals surface area (Å²) in [7, 11) is 0. The molecule has 1 amide bonds. The number of nitrogens with one attached hydrogen (secondary N) is 1. The lowest BCUT2D eigenvalue weighted by Crippen LogP contribution is -2.40. The number of aliphatic carboxylic acids is 1. The van der Waals surface area contributed by atoms with E-state index in [1.807, 2.05) is 19.1 Å². The molecule has 0 bridgehead atoms. The summed E-state index contributed by atoms with van der Waals surface area (Å²) in [5.41, 5.74) is 2.44. The highest BCUT2D eigenvalue weighted by molar-refractivity contribution is 7.99. The Morgan fingerprint density at radius 2 is 2.10 bits per heavy atom. The standard InChI is InChI=1S/C16H19NO3S/c1-4-5-14(16(19)20)17-15(18)8-9-21-13-7-6-11(2)12(3)10-13/h1,6-7,10,14H,5,8-9H2,2-3H3,(H,17,18)(H,19,20). The summed E-state index contributed by atoms with van der Waals surface area (Å²) < 4.78 is 0. The third-order valence-electron chi connectivity index (χ3n) is 3.03. The van der Waals surface area contributed by atoms with Crippen LogP contribution >= 0.6 is 11.8 Å². The van der Waals surface area contributed by atoms with Crippen LogP contribution in [-0.2, 0) is 9.59 Å². The Labute approximate surface area is 129 Å². The molecular weight excluding hydrogens is 286 g/mol. The van der Waals surface area contributed by atoms with E-state index in [4.69, 9.17) is 11.5 Å². The number of hydrogen-bond acceptors (Lipinski definition) is 3. The number of amides is 1. The molecule has 4 nitrogen and oxygen atoms in total. The van der Waals surface area contributed by atoms with Crippen molar-refractivity contribution in [3.8, 4) is 12.3 Å². The van der Waals surface area contributed by atoms with Gasteiger partial charge in [0.1, 0.15) is 6.04 Å². The van der Waals surface area contributed by atoms with E-state index in [1.165, 1.54) is 11.1 Å². The van der Waals surface area contributed by atoms with Crippen LogP contribution in [0.4, 0.5) is 0 Å². The summed E-state index contributed by atoms with van der Waals surface area (Å²) in [5.74, 6) is 1.44. The maximum Gasteiger partial charge on any atom is 0.327 e. The van der Waals surface area contributed by atoms with Crippen molar-refractivity contribution in [2.75, 3.05) is 5.75 Å². The average molecular weight is 305 g/mol. The summed E-state index contributed by atoms with van der Waals surface area (Å²) in [4.78, 5) is 23.7. The Kier molecular flexibility index (Phi) is 6.83. The largest absolute Gasteiger partial charge is 0.480 e. The number of carbonyl (C=O) groups excluding carboxylic acids is 1. The summed E-state index contributed by atoms with van der Waals surface area (Å²) in [5, 5.41) is 11.3. The van der Waals surface area contributed by atoms with E-state index in [0.29, 0.717) is 5.75 Å². The maximum atomic E-state index is 11.7. The SMILES string of the molecule is C#CCC(NC(=O)CCSc1ccc(C)c(C)c1)C(=O)O. The fraction of sp³-hybridized carbons (Fsp3) is 0.375. The molecule has 0 aliphatic rings. The first-order chi connectivity index (χ1) is 9.93. The van der Waals surface area contributed by atoms with E-state index < -0.39 is 12.0 Å². The zero-order valence-corrected chi connectivity index (χ0v) is 13.0. The summed E-state index contributed by atoms with van der Waals surface area (Å²) in [6.45, 7) is 4.10. The molecule has 0 aliphatic carbocycles. The lowest BCUT2D eigenvalue weighted by molar-refractivity contribution is -0.141. The minimum absolute atomic E-state index is 0.00856. The summed E-state index contributed by atoms with van der Waals surface area (Å²) >= 11 is 1.57. The molecule has 0 spiro atoms. The quantitative estimate of drug-likeness (QED) is 0.599. The van der Waals surface area contributed by atoms with Crippen LogP contribution in [0.5, 0.6) is 0 Å². The van der Waals surface area contributed by atoms with E-state index in [-0.39, 0.29) is 18.7 Å². The van der Waals surface area contributed by atoms with Gasteiger partial charge in [-0.05, 0) is 37.1 Å². The molecule has 0 saturated heterocycles. The van der Waals surface area contributed by atoms with Crippen LogP contribution in [0.1, 0.15) is 24.0 Å². The van der Waals surface area contributed by atoms with Crippen LogP contribution in [0.15, 0.2) is 23.1 Å². The molecule has 1 aromatic rings. The molecule has 0 heterocycles.